The number of benzene rings is 1. The fraction of sp³-hybridized carbons (Fsp3) is 0.100. The number of amides is 1. The third-order valence-corrected chi connectivity index (χ3v) is 1.79. The molecule has 0 fully saturated rings. The Bertz CT molecular complexity index is 480. The van der Waals surface area contributed by atoms with E-state index in [4.69, 9.17) is 5.11 Å². The van der Waals surface area contributed by atoms with Gasteiger partial charge in [-0.2, -0.15) is 18.3 Å². The number of carbonyl (C=O) groups excluding carboxylic acids is 1. The van der Waals surface area contributed by atoms with Crippen LogP contribution in [0, 0.1) is 0 Å². The molecule has 0 bridgehead atoms. The first-order chi connectivity index (χ1) is 8.30. The number of alkyl halides is 3. The van der Waals surface area contributed by atoms with Crippen molar-refractivity contribution in [2.75, 3.05) is 0 Å². The van der Waals surface area contributed by atoms with Crippen molar-refractivity contribution in [3.63, 3.8) is 0 Å². The number of nitrogens with zero attached hydrogens (tertiary/aromatic N) is 1. The summed E-state index contributed by atoms with van der Waals surface area (Å²) < 4.78 is 35.3. The van der Waals surface area contributed by atoms with Gasteiger partial charge in [0.2, 0.25) is 0 Å². The summed E-state index contributed by atoms with van der Waals surface area (Å²) in [5.41, 5.74) is 1.68. The number of carbonyl (C=O) groups is 2. The third kappa shape index (κ3) is 3.89. The molecule has 0 aromatic heterocycles. The number of hydrogen-bond acceptors (Lipinski definition) is 3. The summed E-state index contributed by atoms with van der Waals surface area (Å²) in [4.78, 5) is 20.9. The third-order valence-electron chi connectivity index (χ3n) is 1.79. The number of carboxylic acid groups (broad SMARTS) is 1. The van der Waals surface area contributed by atoms with Gasteiger partial charge in [-0.1, -0.05) is 12.1 Å². The molecule has 0 unspecified atom stereocenters. The van der Waals surface area contributed by atoms with Gasteiger partial charge < -0.3 is 5.11 Å². The van der Waals surface area contributed by atoms with Gasteiger partial charge in [-0.3, -0.25) is 4.79 Å². The van der Waals surface area contributed by atoms with Crippen LogP contribution in [0.4, 0.5) is 13.2 Å². The Morgan fingerprint density at radius 2 is 1.78 bits per heavy atom. The maximum Gasteiger partial charge on any atom is 0.473 e. The van der Waals surface area contributed by atoms with E-state index in [9.17, 15) is 22.8 Å². The molecule has 18 heavy (non-hydrogen) atoms. The highest BCUT2D eigenvalue weighted by atomic mass is 19.4. The Hall–Kier alpha value is -2.38. The van der Waals surface area contributed by atoms with E-state index in [1.165, 1.54) is 29.7 Å². The maximum absolute atomic E-state index is 11.8. The molecule has 96 valence electrons. The fourth-order valence-corrected chi connectivity index (χ4v) is 0.941. The van der Waals surface area contributed by atoms with E-state index in [1.807, 2.05) is 0 Å². The van der Waals surface area contributed by atoms with Crippen molar-refractivity contribution < 1.29 is 27.9 Å². The predicted octanol–water partition coefficient (Wildman–Crippen LogP) is 1.40. The van der Waals surface area contributed by atoms with E-state index in [0.717, 1.165) is 6.21 Å². The van der Waals surface area contributed by atoms with Crippen LogP contribution >= 0.6 is 0 Å². The summed E-state index contributed by atoms with van der Waals surface area (Å²) in [6.07, 6.45) is -4.03. The summed E-state index contributed by atoms with van der Waals surface area (Å²) in [6, 6.07) is 5.20. The molecular weight excluding hydrogens is 253 g/mol. The number of hydrogen-bond donors (Lipinski definition) is 2. The number of carboxylic acids is 1. The van der Waals surface area contributed by atoms with Crippen LogP contribution in [-0.4, -0.2) is 29.4 Å². The molecule has 0 saturated carbocycles. The lowest BCUT2D eigenvalue weighted by atomic mass is 10.1. The van der Waals surface area contributed by atoms with Gasteiger partial charge in [0, 0.05) is 0 Å². The van der Waals surface area contributed by atoms with Crippen molar-refractivity contribution in [1.29, 1.82) is 0 Å². The lowest BCUT2D eigenvalue weighted by molar-refractivity contribution is -0.173. The summed E-state index contributed by atoms with van der Waals surface area (Å²) in [6.45, 7) is 0. The predicted molar refractivity (Wildman–Crippen MR) is 55.2 cm³/mol. The number of hydrazone groups is 1. The summed E-state index contributed by atoms with van der Waals surface area (Å²) in [7, 11) is 0. The van der Waals surface area contributed by atoms with E-state index >= 15 is 0 Å². The van der Waals surface area contributed by atoms with Gasteiger partial charge >= 0.3 is 18.1 Å². The highest BCUT2D eigenvalue weighted by molar-refractivity contribution is 5.89. The topological polar surface area (TPSA) is 78.8 Å². The van der Waals surface area contributed by atoms with E-state index in [2.05, 4.69) is 5.10 Å². The van der Waals surface area contributed by atoms with Crippen LogP contribution in [0.3, 0.4) is 0 Å². The first-order valence-corrected chi connectivity index (χ1v) is 4.54. The number of aromatic carboxylic acids is 1. The monoisotopic (exact) mass is 260 g/mol. The molecule has 2 N–H and O–H groups in total. The zero-order valence-electron chi connectivity index (χ0n) is 8.73. The van der Waals surface area contributed by atoms with Gasteiger partial charge in [-0.25, -0.2) is 10.2 Å². The minimum atomic E-state index is -5.00. The van der Waals surface area contributed by atoms with Crippen LogP contribution in [0.25, 0.3) is 0 Å². The minimum Gasteiger partial charge on any atom is -0.478 e. The lowest BCUT2D eigenvalue weighted by Gasteiger charge is -2.02. The first kappa shape index (κ1) is 13.7. The molecule has 1 rings (SSSR count). The second-order valence-corrected chi connectivity index (χ2v) is 3.12. The zero-order chi connectivity index (χ0) is 13.8. The van der Waals surface area contributed by atoms with Crippen LogP contribution in [0.15, 0.2) is 29.4 Å². The highest BCUT2D eigenvalue weighted by Gasteiger charge is 2.38. The van der Waals surface area contributed by atoms with Crippen LogP contribution in [0.5, 0.6) is 0 Å². The van der Waals surface area contributed by atoms with Gasteiger partial charge in [-0.15, -0.1) is 0 Å². The van der Waals surface area contributed by atoms with Crippen LogP contribution in [0.1, 0.15) is 15.9 Å². The molecule has 1 aromatic rings. The molecule has 0 aliphatic carbocycles. The van der Waals surface area contributed by atoms with Crippen LogP contribution in [0.2, 0.25) is 0 Å². The lowest BCUT2D eigenvalue weighted by Crippen LogP contribution is -2.33. The molecule has 8 heteroatoms. The Labute approximate surface area is 98.9 Å². The molecule has 1 aromatic carbocycles. The molecule has 0 radical (unpaired) electrons. The number of halogens is 3. The molecule has 1 amide bonds. The molecule has 0 aliphatic heterocycles. The maximum atomic E-state index is 11.8. The quantitative estimate of drug-likeness (QED) is 0.636. The molecule has 5 nitrogen and oxygen atoms in total. The molecule has 0 spiro atoms. The average Bonchev–Trinajstić information content (AvgIpc) is 2.28. The minimum absolute atomic E-state index is 0.0338. The van der Waals surface area contributed by atoms with Crippen LogP contribution in [-0.2, 0) is 4.79 Å². The molecule has 0 aliphatic rings. The SMILES string of the molecule is O=C(O)c1ccc(/C=N/NC(=O)C(F)(F)F)cc1. The van der Waals surface area contributed by atoms with Gasteiger partial charge in [0.25, 0.3) is 0 Å². The number of rotatable bonds is 3. The Morgan fingerprint density at radius 3 is 2.22 bits per heavy atom. The van der Waals surface area contributed by atoms with E-state index in [1.54, 1.807) is 0 Å². The highest BCUT2D eigenvalue weighted by Crippen LogP contribution is 2.13. The number of nitrogens with one attached hydrogen (secondary N) is 1. The Balaban J connectivity index is 2.63. The second-order valence-electron chi connectivity index (χ2n) is 3.12. The zero-order valence-corrected chi connectivity index (χ0v) is 8.73. The second kappa shape index (κ2) is 5.30. The largest absolute Gasteiger partial charge is 0.478 e. The first-order valence-electron chi connectivity index (χ1n) is 4.54. The van der Waals surface area contributed by atoms with Crippen molar-refractivity contribution in [2.45, 2.75) is 6.18 Å². The average molecular weight is 260 g/mol. The van der Waals surface area contributed by atoms with E-state index in [0.29, 0.717) is 5.56 Å². The van der Waals surface area contributed by atoms with Crippen molar-refractivity contribution >= 4 is 18.1 Å². The van der Waals surface area contributed by atoms with Gasteiger partial charge in [-0.05, 0) is 17.7 Å². The van der Waals surface area contributed by atoms with Crippen molar-refractivity contribution in [3.05, 3.63) is 35.4 Å². The van der Waals surface area contributed by atoms with E-state index in [-0.39, 0.29) is 5.56 Å². The normalized spacial score (nSPS) is 11.5. The summed E-state index contributed by atoms with van der Waals surface area (Å²) in [5.74, 6) is -3.30. The molecule has 0 heterocycles. The smallest absolute Gasteiger partial charge is 0.473 e. The summed E-state index contributed by atoms with van der Waals surface area (Å²) >= 11 is 0. The van der Waals surface area contributed by atoms with Gasteiger partial charge in [0.15, 0.2) is 0 Å². The van der Waals surface area contributed by atoms with Crippen molar-refractivity contribution in [1.82, 2.24) is 5.43 Å². The molecular formula is C10H7F3N2O3. The van der Waals surface area contributed by atoms with Crippen molar-refractivity contribution in [2.24, 2.45) is 5.10 Å². The standard InChI is InChI=1S/C10H7F3N2O3/c11-10(12,13)9(18)15-14-5-6-1-3-7(4-2-6)8(16)17/h1-5H,(H,15,18)(H,16,17)/b14-5+. The summed E-state index contributed by atoms with van der Waals surface area (Å²) in [5, 5.41) is 11.7. The fourth-order valence-electron chi connectivity index (χ4n) is 0.941. The van der Waals surface area contributed by atoms with E-state index < -0.39 is 18.1 Å². The molecule has 0 saturated heterocycles. The Morgan fingerprint density at radius 1 is 1.22 bits per heavy atom. The Kier molecular flexibility index (Phi) is 4.03. The van der Waals surface area contributed by atoms with Gasteiger partial charge in [0.05, 0.1) is 11.8 Å². The van der Waals surface area contributed by atoms with Gasteiger partial charge in [0.1, 0.15) is 0 Å². The molecule has 0 atom stereocenters. The van der Waals surface area contributed by atoms with Crippen LogP contribution < -0.4 is 5.43 Å². The van der Waals surface area contributed by atoms with Crippen molar-refractivity contribution in [3.8, 4) is 0 Å².